The first kappa shape index (κ1) is 13.7. The maximum Gasteiger partial charge on any atom is 0.123 e. The van der Waals surface area contributed by atoms with Crippen LogP contribution >= 0.6 is 11.6 Å². The molecule has 100 valence electrons. The van der Waals surface area contributed by atoms with Crippen molar-refractivity contribution < 1.29 is 4.74 Å². The maximum atomic E-state index is 6.06. The van der Waals surface area contributed by atoms with Gasteiger partial charge in [-0.15, -0.1) is 0 Å². The van der Waals surface area contributed by atoms with Crippen molar-refractivity contribution in [3.63, 3.8) is 0 Å². The smallest absolute Gasteiger partial charge is 0.123 e. The van der Waals surface area contributed by atoms with Crippen LogP contribution in [0.5, 0.6) is 5.75 Å². The van der Waals surface area contributed by atoms with Crippen LogP contribution in [0.2, 0.25) is 5.02 Å². The Morgan fingerprint density at radius 1 is 1.50 bits per heavy atom. The molecule has 0 aromatic heterocycles. The molecular formula is C14H21ClN2O. The van der Waals surface area contributed by atoms with Gasteiger partial charge >= 0.3 is 0 Å². The second-order valence-electron chi connectivity index (χ2n) is 4.81. The Labute approximate surface area is 114 Å². The topological polar surface area (TPSA) is 38.5 Å². The van der Waals surface area contributed by atoms with E-state index in [9.17, 15) is 0 Å². The minimum Gasteiger partial charge on any atom is -0.494 e. The molecule has 0 amide bonds. The zero-order valence-corrected chi connectivity index (χ0v) is 11.6. The molecule has 1 saturated heterocycles. The average molecular weight is 269 g/mol. The van der Waals surface area contributed by atoms with Crippen molar-refractivity contribution in [1.82, 2.24) is 4.90 Å². The summed E-state index contributed by atoms with van der Waals surface area (Å²) < 4.78 is 5.65. The van der Waals surface area contributed by atoms with E-state index in [1.54, 1.807) is 0 Å². The third-order valence-electron chi connectivity index (χ3n) is 3.42. The van der Waals surface area contributed by atoms with Crippen molar-refractivity contribution in [2.45, 2.75) is 19.9 Å². The molecule has 1 aliphatic rings. The average Bonchev–Trinajstić information content (AvgIpc) is 2.80. The van der Waals surface area contributed by atoms with Gasteiger partial charge in [0.25, 0.3) is 0 Å². The van der Waals surface area contributed by atoms with Gasteiger partial charge in [0.05, 0.1) is 6.61 Å². The Balaban J connectivity index is 2.05. The van der Waals surface area contributed by atoms with Crippen molar-refractivity contribution in [3.05, 3.63) is 28.8 Å². The highest BCUT2D eigenvalue weighted by atomic mass is 35.5. The normalized spacial score (nSPS) is 20.3. The van der Waals surface area contributed by atoms with Crippen LogP contribution in [0.25, 0.3) is 0 Å². The van der Waals surface area contributed by atoms with E-state index in [4.69, 9.17) is 22.1 Å². The second kappa shape index (κ2) is 6.41. The van der Waals surface area contributed by atoms with Gasteiger partial charge in [0.15, 0.2) is 0 Å². The predicted molar refractivity (Wildman–Crippen MR) is 75.1 cm³/mol. The van der Waals surface area contributed by atoms with Crippen molar-refractivity contribution in [2.75, 3.05) is 26.2 Å². The number of halogens is 1. The highest BCUT2D eigenvalue weighted by Crippen LogP contribution is 2.26. The van der Waals surface area contributed by atoms with Crippen molar-refractivity contribution in [2.24, 2.45) is 11.7 Å². The van der Waals surface area contributed by atoms with E-state index in [0.29, 0.717) is 12.5 Å². The lowest BCUT2D eigenvalue weighted by Gasteiger charge is -2.18. The van der Waals surface area contributed by atoms with Gasteiger partial charge in [-0.1, -0.05) is 11.6 Å². The van der Waals surface area contributed by atoms with E-state index in [2.05, 4.69) is 4.90 Å². The molecule has 2 rings (SSSR count). The molecule has 1 aromatic carbocycles. The molecule has 4 heteroatoms. The summed E-state index contributed by atoms with van der Waals surface area (Å²) in [5, 5.41) is 0.767. The molecule has 0 aliphatic carbocycles. The number of ether oxygens (including phenoxy) is 1. The van der Waals surface area contributed by atoms with Gasteiger partial charge < -0.3 is 10.5 Å². The van der Waals surface area contributed by atoms with Crippen LogP contribution in [0.15, 0.2) is 18.2 Å². The van der Waals surface area contributed by atoms with Gasteiger partial charge in [-0.3, -0.25) is 4.90 Å². The van der Waals surface area contributed by atoms with Crippen LogP contribution in [-0.4, -0.2) is 31.1 Å². The predicted octanol–water partition coefficient (Wildman–Crippen LogP) is 2.52. The van der Waals surface area contributed by atoms with Crippen LogP contribution in [0.1, 0.15) is 18.9 Å². The molecule has 1 aliphatic heterocycles. The largest absolute Gasteiger partial charge is 0.494 e. The second-order valence-corrected chi connectivity index (χ2v) is 5.25. The molecule has 3 nitrogen and oxygen atoms in total. The third kappa shape index (κ3) is 3.37. The molecule has 0 saturated carbocycles. The van der Waals surface area contributed by atoms with E-state index in [-0.39, 0.29) is 0 Å². The highest BCUT2D eigenvalue weighted by molar-refractivity contribution is 6.30. The lowest BCUT2D eigenvalue weighted by molar-refractivity contribution is 0.297. The Bertz CT molecular complexity index is 397. The minimum atomic E-state index is 0.639. The summed E-state index contributed by atoms with van der Waals surface area (Å²) in [6, 6.07) is 5.84. The summed E-state index contributed by atoms with van der Waals surface area (Å²) in [7, 11) is 0. The van der Waals surface area contributed by atoms with Crippen LogP contribution < -0.4 is 10.5 Å². The number of hydrogen-bond donors (Lipinski definition) is 1. The Morgan fingerprint density at radius 3 is 3.00 bits per heavy atom. The zero-order valence-electron chi connectivity index (χ0n) is 10.9. The van der Waals surface area contributed by atoms with Crippen molar-refractivity contribution in [3.8, 4) is 5.75 Å². The Morgan fingerprint density at radius 2 is 2.33 bits per heavy atom. The molecule has 1 aromatic rings. The summed E-state index contributed by atoms with van der Waals surface area (Å²) in [6.07, 6.45) is 1.20. The molecule has 18 heavy (non-hydrogen) atoms. The van der Waals surface area contributed by atoms with Gasteiger partial charge in [-0.2, -0.15) is 0 Å². The summed E-state index contributed by atoms with van der Waals surface area (Å²) in [5.41, 5.74) is 6.89. The number of rotatable bonds is 5. The molecule has 1 atom stereocenters. The van der Waals surface area contributed by atoms with Gasteiger partial charge in [0, 0.05) is 23.7 Å². The fourth-order valence-corrected chi connectivity index (χ4v) is 2.65. The van der Waals surface area contributed by atoms with Crippen LogP contribution in [0, 0.1) is 5.92 Å². The number of nitrogens with two attached hydrogens (primary N) is 1. The quantitative estimate of drug-likeness (QED) is 0.892. The van der Waals surface area contributed by atoms with Crippen molar-refractivity contribution >= 4 is 11.6 Å². The van der Waals surface area contributed by atoms with Gasteiger partial charge in [0.1, 0.15) is 5.75 Å². The lowest BCUT2D eigenvalue weighted by Crippen LogP contribution is -2.23. The van der Waals surface area contributed by atoms with Crippen LogP contribution in [-0.2, 0) is 6.54 Å². The zero-order chi connectivity index (χ0) is 13.0. The fraction of sp³-hybridized carbons (Fsp3) is 0.571. The van der Waals surface area contributed by atoms with E-state index in [1.165, 1.54) is 12.0 Å². The monoisotopic (exact) mass is 268 g/mol. The van der Waals surface area contributed by atoms with Gasteiger partial charge in [0.2, 0.25) is 0 Å². The summed E-state index contributed by atoms with van der Waals surface area (Å²) in [6.45, 7) is 6.55. The van der Waals surface area contributed by atoms with Gasteiger partial charge in [-0.25, -0.2) is 0 Å². The molecule has 0 spiro atoms. The molecular weight excluding hydrogens is 248 g/mol. The number of hydrogen-bond acceptors (Lipinski definition) is 3. The lowest BCUT2D eigenvalue weighted by atomic mass is 10.1. The molecule has 0 bridgehead atoms. The molecule has 0 unspecified atom stereocenters. The first-order valence-corrected chi connectivity index (χ1v) is 6.94. The first-order valence-electron chi connectivity index (χ1n) is 6.56. The van der Waals surface area contributed by atoms with Crippen LogP contribution in [0.4, 0.5) is 0 Å². The fourth-order valence-electron chi connectivity index (χ4n) is 2.46. The number of likely N-dealkylation sites (tertiary alicyclic amines) is 1. The molecule has 1 fully saturated rings. The van der Waals surface area contributed by atoms with E-state index in [1.807, 2.05) is 25.1 Å². The van der Waals surface area contributed by atoms with Crippen molar-refractivity contribution in [1.29, 1.82) is 0 Å². The van der Waals surface area contributed by atoms with E-state index < -0.39 is 0 Å². The summed E-state index contributed by atoms with van der Waals surface area (Å²) in [4.78, 5) is 2.42. The standard InChI is InChI=1S/C14H21ClN2O/c1-2-18-14-4-3-13(15)7-12(14)10-17-6-5-11(8-16)9-17/h3-4,7,11H,2,5-6,8-10,16H2,1H3/t11-/m1/s1. The van der Waals surface area contributed by atoms with Gasteiger partial charge in [-0.05, 0) is 50.6 Å². The number of benzene rings is 1. The van der Waals surface area contributed by atoms with Crippen LogP contribution in [0.3, 0.4) is 0 Å². The Hall–Kier alpha value is -0.770. The minimum absolute atomic E-state index is 0.639. The molecule has 1 heterocycles. The number of nitrogens with zero attached hydrogens (tertiary/aromatic N) is 1. The van der Waals surface area contributed by atoms with E-state index in [0.717, 1.165) is 37.0 Å². The Kier molecular flexibility index (Phi) is 4.87. The summed E-state index contributed by atoms with van der Waals surface area (Å²) in [5.74, 6) is 1.58. The maximum absolute atomic E-state index is 6.06. The molecule has 0 radical (unpaired) electrons. The molecule has 2 N–H and O–H groups in total. The SMILES string of the molecule is CCOc1ccc(Cl)cc1CN1CC[C@H](CN)C1. The third-order valence-corrected chi connectivity index (χ3v) is 3.65. The summed E-state index contributed by atoms with van der Waals surface area (Å²) >= 11 is 6.06. The first-order chi connectivity index (χ1) is 8.72. The highest BCUT2D eigenvalue weighted by Gasteiger charge is 2.22. The van der Waals surface area contributed by atoms with E-state index >= 15 is 0 Å².